The lowest BCUT2D eigenvalue weighted by Crippen LogP contribution is -2.25. The van der Waals surface area contributed by atoms with E-state index in [1.54, 1.807) is 0 Å². The number of hydrogen-bond donors (Lipinski definition) is 0. The predicted octanol–water partition coefficient (Wildman–Crippen LogP) is 3.10. The lowest BCUT2D eigenvalue weighted by atomic mass is 9.86. The standard InChI is InChI=1S/C19H18O3/c20-17-12-16-19(22-17)18(14-9-5-2-6-10-14)15(21-16)11-13-7-3-1-4-8-13/h1-10,15-16,18-19H,11-12H2/t15?,16-,18+,19+/m1/s1. The molecule has 0 spiro atoms. The Morgan fingerprint density at radius 3 is 2.36 bits per heavy atom. The van der Waals surface area contributed by atoms with Crippen LogP contribution in [0.1, 0.15) is 23.5 Å². The second kappa shape index (κ2) is 5.58. The van der Waals surface area contributed by atoms with E-state index in [4.69, 9.17) is 9.47 Å². The summed E-state index contributed by atoms with van der Waals surface area (Å²) in [5.74, 6) is -0.0352. The Hall–Kier alpha value is -2.13. The van der Waals surface area contributed by atoms with Gasteiger partial charge >= 0.3 is 5.97 Å². The van der Waals surface area contributed by atoms with E-state index in [1.807, 2.05) is 36.4 Å². The molecule has 2 heterocycles. The number of ether oxygens (including phenoxy) is 2. The maximum Gasteiger partial charge on any atom is 0.308 e. The van der Waals surface area contributed by atoms with Crippen LogP contribution in [0.3, 0.4) is 0 Å². The molecule has 2 fully saturated rings. The fourth-order valence-electron chi connectivity index (χ4n) is 3.61. The van der Waals surface area contributed by atoms with Crippen molar-refractivity contribution in [3.8, 4) is 0 Å². The molecular weight excluding hydrogens is 276 g/mol. The summed E-state index contributed by atoms with van der Waals surface area (Å²) in [6, 6.07) is 20.6. The van der Waals surface area contributed by atoms with E-state index in [1.165, 1.54) is 11.1 Å². The third-order valence-electron chi connectivity index (χ3n) is 4.57. The van der Waals surface area contributed by atoms with Crippen molar-refractivity contribution >= 4 is 5.97 Å². The molecule has 0 radical (unpaired) electrons. The zero-order valence-corrected chi connectivity index (χ0v) is 12.2. The van der Waals surface area contributed by atoms with Crippen LogP contribution in [0.2, 0.25) is 0 Å². The Kier molecular flexibility index (Phi) is 3.43. The lowest BCUT2D eigenvalue weighted by Gasteiger charge is -2.22. The van der Waals surface area contributed by atoms with Crippen LogP contribution < -0.4 is 0 Å². The van der Waals surface area contributed by atoms with Crippen molar-refractivity contribution in [2.45, 2.75) is 37.1 Å². The molecule has 1 unspecified atom stereocenters. The molecule has 2 aliphatic rings. The number of carbonyl (C=O) groups is 1. The molecule has 4 atom stereocenters. The van der Waals surface area contributed by atoms with Crippen molar-refractivity contribution in [2.24, 2.45) is 0 Å². The Morgan fingerprint density at radius 2 is 1.64 bits per heavy atom. The molecule has 2 saturated heterocycles. The van der Waals surface area contributed by atoms with Crippen LogP contribution in [0, 0.1) is 0 Å². The van der Waals surface area contributed by atoms with Gasteiger partial charge in [-0.1, -0.05) is 60.7 Å². The molecule has 0 aromatic heterocycles. The SMILES string of the molecule is O=C1C[C@H]2OC(Cc3ccccc3)[C@H](c3ccccc3)[C@H]2O1. The molecule has 3 heteroatoms. The summed E-state index contributed by atoms with van der Waals surface area (Å²) in [5.41, 5.74) is 2.44. The van der Waals surface area contributed by atoms with Crippen molar-refractivity contribution in [2.75, 3.05) is 0 Å². The largest absolute Gasteiger partial charge is 0.459 e. The van der Waals surface area contributed by atoms with Crippen molar-refractivity contribution in [1.29, 1.82) is 0 Å². The van der Waals surface area contributed by atoms with Gasteiger partial charge in [-0.15, -0.1) is 0 Å². The zero-order chi connectivity index (χ0) is 14.9. The average Bonchev–Trinajstić information content (AvgIpc) is 3.04. The highest BCUT2D eigenvalue weighted by Crippen LogP contribution is 2.43. The molecule has 0 bridgehead atoms. The van der Waals surface area contributed by atoms with E-state index < -0.39 is 0 Å². The number of fused-ring (bicyclic) bond motifs is 1. The highest BCUT2D eigenvalue weighted by Gasteiger charge is 2.51. The first-order chi connectivity index (χ1) is 10.8. The van der Waals surface area contributed by atoms with Gasteiger partial charge in [-0.2, -0.15) is 0 Å². The highest BCUT2D eigenvalue weighted by molar-refractivity contribution is 5.73. The summed E-state index contributed by atoms with van der Waals surface area (Å²) in [6.45, 7) is 0. The van der Waals surface area contributed by atoms with Gasteiger partial charge in [0.25, 0.3) is 0 Å². The molecule has 3 nitrogen and oxygen atoms in total. The van der Waals surface area contributed by atoms with Gasteiger partial charge in [-0.05, 0) is 17.5 Å². The molecule has 112 valence electrons. The first-order valence-electron chi connectivity index (χ1n) is 7.75. The lowest BCUT2D eigenvalue weighted by molar-refractivity contribution is -0.142. The minimum atomic E-state index is -0.149. The smallest absolute Gasteiger partial charge is 0.308 e. The van der Waals surface area contributed by atoms with Crippen molar-refractivity contribution in [1.82, 2.24) is 0 Å². The number of benzene rings is 2. The molecule has 0 aliphatic carbocycles. The van der Waals surface area contributed by atoms with Gasteiger partial charge in [0.1, 0.15) is 12.2 Å². The van der Waals surface area contributed by atoms with Gasteiger partial charge in [-0.3, -0.25) is 4.79 Å². The van der Waals surface area contributed by atoms with Crippen LogP contribution in [0.15, 0.2) is 60.7 Å². The fourth-order valence-corrected chi connectivity index (χ4v) is 3.61. The third-order valence-corrected chi connectivity index (χ3v) is 4.57. The van der Waals surface area contributed by atoms with Gasteiger partial charge in [-0.25, -0.2) is 0 Å². The van der Waals surface area contributed by atoms with Crippen LogP contribution in [-0.2, 0) is 20.7 Å². The predicted molar refractivity (Wildman–Crippen MR) is 82.5 cm³/mol. The van der Waals surface area contributed by atoms with Gasteiger partial charge in [0.05, 0.1) is 18.4 Å². The van der Waals surface area contributed by atoms with E-state index in [0.29, 0.717) is 6.42 Å². The fraction of sp³-hybridized carbons (Fsp3) is 0.316. The first-order valence-corrected chi connectivity index (χ1v) is 7.75. The summed E-state index contributed by atoms with van der Waals surface area (Å²) in [5, 5.41) is 0. The quantitative estimate of drug-likeness (QED) is 0.816. The second-order valence-electron chi connectivity index (χ2n) is 6.00. The minimum absolute atomic E-state index is 0.0490. The molecule has 0 amide bonds. The molecule has 0 saturated carbocycles. The average molecular weight is 294 g/mol. The van der Waals surface area contributed by atoms with Crippen molar-refractivity contribution in [3.63, 3.8) is 0 Å². The minimum Gasteiger partial charge on any atom is -0.459 e. The monoisotopic (exact) mass is 294 g/mol. The van der Waals surface area contributed by atoms with E-state index in [2.05, 4.69) is 24.3 Å². The number of esters is 1. The van der Waals surface area contributed by atoms with Crippen LogP contribution in [-0.4, -0.2) is 24.3 Å². The van der Waals surface area contributed by atoms with E-state index in [9.17, 15) is 4.79 Å². The maximum absolute atomic E-state index is 11.6. The topological polar surface area (TPSA) is 35.5 Å². The Morgan fingerprint density at radius 1 is 0.955 bits per heavy atom. The summed E-state index contributed by atoms with van der Waals surface area (Å²) in [6.07, 6.45) is 1.01. The number of carbonyl (C=O) groups excluding carboxylic acids is 1. The van der Waals surface area contributed by atoms with Crippen LogP contribution in [0.5, 0.6) is 0 Å². The highest BCUT2D eigenvalue weighted by atomic mass is 16.6. The molecule has 2 aliphatic heterocycles. The number of hydrogen-bond acceptors (Lipinski definition) is 3. The van der Waals surface area contributed by atoms with E-state index in [0.717, 1.165) is 6.42 Å². The molecular formula is C19H18O3. The summed E-state index contributed by atoms with van der Waals surface area (Å²) < 4.78 is 11.7. The zero-order valence-electron chi connectivity index (χ0n) is 12.2. The molecule has 4 rings (SSSR count). The molecule has 2 aromatic carbocycles. The van der Waals surface area contributed by atoms with E-state index in [-0.39, 0.29) is 30.2 Å². The molecule has 22 heavy (non-hydrogen) atoms. The molecule has 0 N–H and O–H groups in total. The van der Waals surface area contributed by atoms with Gasteiger partial charge < -0.3 is 9.47 Å². The Labute approximate surface area is 129 Å². The summed E-state index contributed by atoms with van der Waals surface area (Å²) in [7, 11) is 0. The van der Waals surface area contributed by atoms with Crippen LogP contribution >= 0.6 is 0 Å². The van der Waals surface area contributed by atoms with Gasteiger partial charge in [0.15, 0.2) is 0 Å². The maximum atomic E-state index is 11.6. The normalized spacial score (nSPS) is 30.1. The first kappa shape index (κ1) is 13.5. The summed E-state index contributed by atoms with van der Waals surface area (Å²) in [4.78, 5) is 11.6. The van der Waals surface area contributed by atoms with E-state index >= 15 is 0 Å². The third kappa shape index (κ3) is 2.42. The van der Waals surface area contributed by atoms with Gasteiger partial charge in [0.2, 0.25) is 0 Å². The number of rotatable bonds is 3. The van der Waals surface area contributed by atoms with Crippen molar-refractivity contribution < 1.29 is 14.3 Å². The Balaban J connectivity index is 1.64. The van der Waals surface area contributed by atoms with Crippen LogP contribution in [0.4, 0.5) is 0 Å². The van der Waals surface area contributed by atoms with Crippen LogP contribution in [0.25, 0.3) is 0 Å². The second-order valence-corrected chi connectivity index (χ2v) is 6.00. The summed E-state index contributed by atoms with van der Waals surface area (Å²) >= 11 is 0. The van der Waals surface area contributed by atoms with Gasteiger partial charge in [0, 0.05) is 0 Å². The molecule has 2 aromatic rings. The van der Waals surface area contributed by atoms with Crippen molar-refractivity contribution in [3.05, 3.63) is 71.8 Å². The Bertz CT molecular complexity index is 653.